The third-order valence-corrected chi connectivity index (χ3v) is 4.93. The Morgan fingerprint density at radius 1 is 1.17 bits per heavy atom. The van der Waals surface area contributed by atoms with Crippen LogP contribution in [0.25, 0.3) is 0 Å². The molecule has 0 aliphatic heterocycles. The van der Waals surface area contributed by atoms with E-state index >= 15 is 0 Å². The summed E-state index contributed by atoms with van der Waals surface area (Å²) in [6.07, 6.45) is 0. The monoisotopic (exact) mass is 336 g/mol. The first-order valence-electron chi connectivity index (χ1n) is 6.84. The van der Waals surface area contributed by atoms with E-state index in [1.165, 1.54) is 24.8 Å². The Hall–Kier alpha value is -2.41. The molecule has 0 saturated heterocycles. The summed E-state index contributed by atoms with van der Waals surface area (Å²) in [6.45, 7) is 2.90. The van der Waals surface area contributed by atoms with Crippen molar-refractivity contribution in [2.24, 2.45) is 0 Å². The van der Waals surface area contributed by atoms with Crippen molar-refractivity contribution in [2.45, 2.75) is 18.7 Å². The summed E-state index contributed by atoms with van der Waals surface area (Å²) in [4.78, 5) is 12.9. The van der Waals surface area contributed by atoms with Crippen molar-refractivity contribution >= 4 is 27.3 Å². The van der Waals surface area contributed by atoms with E-state index in [-0.39, 0.29) is 16.5 Å². The Labute approximate surface area is 134 Å². The number of rotatable bonds is 4. The van der Waals surface area contributed by atoms with Crippen LogP contribution in [-0.4, -0.2) is 21.4 Å². The van der Waals surface area contributed by atoms with Crippen molar-refractivity contribution in [2.75, 3.05) is 16.7 Å². The molecule has 0 aliphatic rings. The molecule has 5 nitrogen and oxygen atoms in total. The first-order valence-corrected chi connectivity index (χ1v) is 8.33. The highest BCUT2D eigenvalue weighted by Gasteiger charge is 2.20. The predicted molar refractivity (Wildman–Crippen MR) is 87.5 cm³/mol. The average Bonchev–Trinajstić information content (AvgIpc) is 2.46. The molecule has 0 heterocycles. The Morgan fingerprint density at radius 2 is 1.83 bits per heavy atom. The molecule has 1 amide bonds. The van der Waals surface area contributed by atoms with Crippen molar-refractivity contribution in [3.63, 3.8) is 0 Å². The molecular formula is C16H17FN2O3S. The lowest BCUT2D eigenvalue weighted by Crippen LogP contribution is -2.25. The van der Waals surface area contributed by atoms with Crippen LogP contribution in [0.5, 0.6) is 0 Å². The predicted octanol–water partition coefficient (Wildman–Crippen LogP) is 2.92. The number of carbonyl (C=O) groups excluding carboxylic acids is 1. The van der Waals surface area contributed by atoms with Gasteiger partial charge >= 0.3 is 0 Å². The molecule has 23 heavy (non-hydrogen) atoms. The van der Waals surface area contributed by atoms with Crippen LogP contribution >= 0.6 is 0 Å². The molecular weight excluding hydrogens is 319 g/mol. The Bertz CT molecular complexity index is 850. The lowest BCUT2D eigenvalue weighted by atomic mass is 10.2. The van der Waals surface area contributed by atoms with E-state index in [0.29, 0.717) is 11.3 Å². The molecule has 7 heteroatoms. The molecule has 0 spiro atoms. The van der Waals surface area contributed by atoms with E-state index in [4.69, 9.17) is 0 Å². The van der Waals surface area contributed by atoms with Gasteiger partial charge in [-0.05, 0) is 42.8 Å². The molecule has 122 valence electrons. The zero-order valence-electron chi connectivity index (χ0n) is 13.0. The lowest BCUT2D eigenvalue weighted by Gasteiger charge is -2.20. The Kier molecular flexibility index (Phi) is 4.70. The normalized spacial score (nSPS) is 11.1. The summed E-state index contributed by atoms with van der Waals surface area (Å²) in [5, 5.41) is 0. The molecule has 0 radical (unpaired) electrons. The number of sulfonamides is 1. The van der Waals surface area contributed by atoms with Gasteiger partial charge in [0, 0.05) is 14.0 Å². The third kappa shape index (κ3) is 3.68. The van der Waals surface area contributed by atoms with Gasteiger partial charge in [-0.1, -0.05) is 12.1 Å². The second-order valence-corrected chi connectivity index (χ2v) is 6.76. The molecule has 0 atom stereocenters. The van der Waals surface area contributed by atoms with Crippen LogP contribution in [0.4, 0.5) is 15.8 Å². The van der Waals surface area contributed by atoms with Crippen LogP contribution in [0.3, 0.4) is 0 Å². The second-order valence-electron chi connectivity index (χ2n) is 5.11. The fourth-order valence-corrected chi connectivity index (χ4v) is 3.44. The van der Waals surface area contributed by atoms with Crippen LogP contribution in [-0.2, 0) is 14.8 Å². The van der Waals surface area contributed by atoms with E-state index in [1.807, 2.05) is 0 Å². The van der Waals surface area contributed by atoms with Gasteiger partial charge in [-0.3, -0.25) is 9.52 Å². The maximum Gasteiger partial charge on any atom is 0.262 e. The lowest BCUT2D eigenvalue weighted by molar-refractivity contribution is -0.116. The van der Waals surface area contributed by atoms with Gasteiger partial charge in [0.2, 0.25) is 5.91 Å². The zero-order chi connectivity index (χ0) is 17.2. The largest absolute Gasteiger partial charge is 0.314 e. The molecule has 2 aromatic rings. The number of hydrogen-bond donors (Lipinski definition) is 1. The van der Waals surface area contributed by atoms with E-state index in [2.05, 4.69) is 4.72 Å². The minimum atomic E-state index is -3.90. The smallest absolute Gasteiger partial charge is 0.262 e. The van der Waals surface area contributed by atoms with Crippen LogP contribution in [0.2, 0.25) is 0 Å². The molecule has 0 saturated carbocycles. The van der Waals surface area contributed by atoms with Crippen molar-refractivity contribution in [1.82, 2.24) is 0 Å². The summed E-state index contributed by atoms with van der Waals surface area (Å²) in [5.41, 5.74) is 1.01. The topological polar surface area (TPSA) is 66.5 Å². The Balaban J connectivity index is 2.44. The number of para-hydroxylation sites is 2. The molecule has 0 aliphatic carbocycles. The number of aryl methyl sites for hydroxylation is 1. The molecule has 2 aromatic carbocycles. The minimum absolute atomic E-state index is 0.0146. The molecule has 0 fully saturated rings. The maximum atomic E-state index is 13.2. The number of benzene rings is 2. The van der Waals surface area contributed by atoms with Crippen molar-refractivity contribution in [1.29, 1.82) is 0 Å². The number of hydrogen-bond acceptors (Lipinski definition) is 3. The highest BCUT2D eigenvalue weighted by molar-refractivity contribution is 7.92. The summed E-state index contributed by atoms with van der Waals surface area (Å²) < 4.78 is 40.7. The van der Waals surface area contributed by atoms with Gasteiger partial charge in [0.1, 0.15) is 5.82 Å². The summed E-state index contributed by atoms with van der Waals surface area (Å²) >= 11 is 0. The molecule has 1 N–H and O–H groups in total. The molecule has 2 rings (SSSR count). The Morgan fingerprint density at radius 3 is 2.43 bits per heavy atom. The fourth-order valence-electron chi connectivity index (χ4n) is 2.14. The second kappa shape index (κ2) is 6.37. The van der Waals surface area contributed by atoms with Gasteiger partial charge in [0.25, 0.3) is 10.0 Å². The number of amides is 1. The van der Waals surface area contributed by atoms with E-state index in [9.17, 15) is 17.6 Å². The number of carbonyl (C=O) groups is 1. The van der Waals surface area contributed by atoms with Crippen LogP contribution in [0, 0.1) is 12.7 Å². The van der Waals surface area contributed by atoms with Crippen LogP contribution < -0.4 is 9.62 Å². The quantitative estimate of drug-likeness (QED) is 0.933. The van der Waals surface area contributed by atoms with Crippen molar-refractivity contribution in [3.8, 4) is 0 Å². The molecule has 0 unspecified atom stereocenters. The molecule has 0 aromatic heterocycles. The van der Waals surface area contributed by atoms with E-state index in [0.717, 1.165) is 12.1 Å². The van der Waals surface area contributed by atoms with Crippen molar-refractivity contribution < 1.29 is 17.6 Å². The number of nitrogens with zero attached hydrogens (tertiary/aromatic N) is 1. The summed E-state index contributed by atoms with van der Waals surface area (Å²) in [6, 6.07) is 10.0. The number of halogens is 1. The van der Waals surface area contributed by atoms with Gasteiger partial charge in [0.05, 0.1) is 16.3 Å². The van der Waals surface area contributed by atoms with Gasteiger partial charge in [-0.25, -0.2) is 12.8 Å². The minimum Gasteiger partial charge on any atom is -0.314 e. The van der Waals surface area contributed by atoms with E-state index in [1.54, 1.807) is 31.3 Å². The van der Waals surface area contributed by atoms with Gasteiger partial charge in [-0.15, -0.1) is 0 Å². The van der Waals surface area contributed by atoms with Gasteiger partial charge in [-0.2, -0.15) is 0 Å². The van der Waals surface area contributed by atoms with Gasteiger partial charge in [0.15, 0.2) is 0 Å². The van der Waals surface area contributed by atoms with Crippen LogP contribution in [0.1, 0.15) is 12.5 Å². The number of anilines is 2. The maximum absolute atomic E-state index is 13.2. The average molecular weight is 336 g/mol. The highest BCUT2D eigenvalue weighted by Crippen LogP contribution is 2.28. The zero-order valence-corrected chi connectivity index (χ0v) is 13.8. The summed E-state index contributed by atoms with van der Waals surface area (Å²) in [5.74, 6) is -0.729. The standard InChI is InChI=1S/C16H17FN2O3S/c1-11-10-13(17)8-9-16(11)23(21,22)18-14-6-4-5-7-15(14)19(3)12(2)20/h4-10,18H,1-3H3. The first-order chi connectivity index (χ1) is 10.7. The van der Waals surface area contributed by atoms with Gasteiger partial charge < -0.3 is 4.90 Å². The van der Waals surface area contributed by atoms with Crippen molar-refractivity contribution in [3.05, 3.63) is 53.8 Å². The fraction of sp³-hybridized carbons (Fsp3) is 0.188. The molecule has 0 bridgehead atoms. The van der Waals surface area contributed by atoms with E-state index < -0.39 is 15.8 Å². The van der Waals surface area contributed by atoms with Crippen LogP contribution in [0.15, 0.2) is 47.4 Å². The summed E-state index contributed by atoms with van der Waals surface area (Å²) in [7, 11) is -2.34. The number of nitrogens with one attached hydrogen (secondary N) is 1. The highest BCUT2D eigenvalue weighted by atomic mass is 32.2. The first kappa shape index (κ1) is 17.0. The third-order valence-electron chi connectivity index (χ3n) is 3.41. The SMILES string of the molecule is CC(=O)N(C)c1ccccc1NS(=O)(=O)c1ccc(F)cc1C.